The molecule has 2 aliphatic rings. The summed E-state index contributed by atoms with van der Waals surface area (Å²) in [6.45, 7) is 13.5. The number of amides is 6. The predicted molar refractivity (Wildman–Crippen MR) is 190 cm³/mol. The Morgan fingerprint density at radius 3 is 2.06 bits per heavy atom. The molecule has 4 N–H and O–H groups in total. The number of rotatable bonds is 14. The van der Waals surface area contributed by atoms with Gasteiger partial charge in [0.25, 0.3) is 5.91 Å². The Morgan fingerprint density at radius 1 is 0.925 bits per heavy atom. The quantitative estimate of drug-likeness (QED) is 0.210. The molecule has 0 radical (unpaired) electrons. The lowest BCUT2D eigenvalue weighted by Crippen LogP contribution is -2.61. The first-order chi connectivity index (χ1) is 24.4. The van der Waals surface area contributed by atoms with Crippen LogP contribution in [0, 0.1) is 22.7 Å². The number of nitrogens with one attached hydrogen (secondary N) is 4. The number of fused-ring (bicyclic) bond motifs is 1. The summed E-state index contributed by atoms with van der Waals surface area (Å²) in [4.78, 5) is 95.5. The molecular weight excluding hydrogens is 694 g/mol. The molecule has 1 heterocycles. The van der Waals surface area contributed by atoms with Crippen LogP contribution in [0.3, 0.4) is 0 Å². The van der Waals surface area contributed by atoms with Gasteiger partial charge in [0, 0.05) is 27.1 Å². The number of nitrogens with zero attached hydrogens (tertiary/aromatic N) is 2. The van der Waals surface area contributed by atoms with Crippen LogP contribution in [0.25, 0.3) is 0 Å². The monoisotopic (exact) mass is 748 g/mol. The lowest BCUT2D eigenvalue weighted by atomic mass is 9.85. The molecule has 0 spiro atoms. The van der Waals surface area contributed by atoms with E-state index in [1.54, 1.807) is 71.9 Å². The summed E-state index contributed by atoms with van der Waals surface area (Å²) in [7, 11) is 3.02. The summed E-state index contributed by atoms with van der Waals surface area (Å²) in [6.07, 6.45) is -5.11. The first-order valence-corrected chi connectivity index (χ1v) is 17.6. The van der Waals surface area contributed by atoms with Gasteiger partial charge in [-0.05, 0) is 55.4 Å². The van der Waals surface area contributed by atoms with E-state index >= 15 is 0 Å². The highest BCUT2D eigenvalue weighted by molar-refractivity contribution is 6.38. The molecule has 53 heavy (non-hydrogen) atoms. The molecule has 1 aliphatic heterocycles. The highest BCUT2D eigenvalue weighted by atomic mass is 19.3. The van der Waals surface area contributed by atoms with E-state index in [2.05, 4.69) is 21.3 Å². The molecule has 1 saturated carbocycles. The van der Waals surface area contributed by atoms with Gasteiger partial charge in [-0.2, -0.15) is 0 Å². The summed E-state index contributed by atoms with van der Waals surface area (Å²) >= 11 is 0. The number of carbonyl (C=O) groups is 7. The number of halogens is 2. The summed E-state index contributed by atoms with van der Waals surface area (Å²) in [5.74, 6) is -5.65. The smallest absolute Gasteiger partial charge is 0.408 e. The topological polar surface area (TPSA) is 183 Å². The zero-order chi connectivity index (χ0) is 40.2. The first-order valence-electron chi connectivity index (χ1n) is 17.6. The third-order valence-corrected chi connectivity index (χ3v) is 9.60. The number of hydrogen-bond donors (Lipinski definition) is 4. The number of ketones is 1. The van der Waals surface area contributed by atoms with Gasteiger partial charge in [0.1, 0.15) is 23.7 Å². The second-order valence-corrected chi connectivity index (χ2v) is 16.6. The van der Waals surface area contributed by atoms with Crippen LogP contribution in [0.1, 0.15) is 79.8 Å². The SMILES string of the molecule is CN(C)C(=O)[C@@H](NC(=O)CNC(=O)C(=O)C(CCC(F)F)NC(=O)[C@@H]1[C@@H]2[C@H](CN1C(=O)[C@@H](NC(=O)OC(C)(C)C)C(C)(C)C)C2(C)C)c1ccccc1. The molecule has 2 fully saturated rings. The number of ether oxygens (including phenoxy) is 1. The third kappa shape index (κ3) is 10.9. The van der Waals surface area contributed by atoms with Gasteiger partial charge in [-0.3, -0.25) is 28.8 Å². The maximum Gasteiger partial charge on any atom is 0.408 e. The van der Waals surface area contributed by atoms with Crippen LogP contribution >= 0.6 is 0 Å². The van der Waals surface area contributed by atoms with Crippen molar-refractivity contribution in [2.75, 3.05) is 27.2 Å². The van der Waals surface area contributed by atoms with Gasteiger partial charge in [0.05, 0.1) is 12.6 Å². The van der Waals surface area contributed by atoms with Crippen LogP contribution in [0.15, 0.2) is 30.3 Å². The third-order valence-electron chi connectivity index (χ3n) is 9.60. The van der Waals surface area contributed by atoms with Crippen molar-refractivity contribution in [2.24, 2.45) is 22.7 Å². The molecule has 14 nitrogen and oxygen atoms in total. The fourth-order valence-electron chi connectivity index (χ4n) is 6.68. The van der Waals surface area contributed by atoms with Gasteiger partial charge >= 0.3 is 6.09 Å². The van der Waals surface area contributed by atoms with E-state index in [4.69, 9.17) is 4.74 Å². The minimum atomic E-state index is -2.86. The van der Waals surface area contributed by atoms with Crippen molar-refractivity contribution in [3.05, 3.63) is 35.9 Å². The molecule has 16 heteroatoms. The molecule has 294 valence electrons. The van der Waals surface area contributed by atoms with Crippen molar-refractivity contribution in [1.82, 2.24) is 31.1 Å². The van der Waals surface area contributed by atoms with E-state index in [0.717, 1.165) is 0 Å². The zero-order valence-corrected chi connectivity index (χ0v) is 32.2. The maximum absolute atomic E-state index is 14.1. The van der Waals surface area contributed by atoms with Gasteiger partial charge in [-0.1, -0.05) is 65.0 Å². The predicted octanol–water partition coefficient (Wildman–Crippen LogP) is 2.57. The Morgan fingerprint density at radius 2 is 1.53 bits per heavy atom. The normalized spacial score (nSPS) is 20.6. The number of carbonyl (C=O) groups excluding carboxylic acids is 7. The number of benzene rings is 1. The summed E-state index contributed by atoms with van der Waals surface area (Å²) in [6, 6.07) is 3.32. The van der Waals surface area contributed by atoms with Gasteiger partial charge in [-0.15, -0.1) is 0 Å². The summed E-state index contributed by atoms with van der Waals surface area (Å²) < 4.78 is 32.1. The number of alkyl halides is 2. The van der Waals surface area contributed by atoms with Crippen LogP contribution in [0.4, 0.5) is 13.6 Å². The van der Waals surface area contributed by atoms with Crippen LogP contribution < -0.4 is 21.3 Å². The van der Waals surface area contributed by atoms with Crippen LogP contribution in [0.2, 0.25) is 0 Å². The largest absolute Gasteiger partial charge is 0.444 e. The summed E-state index contributed by atoms with van der Waals surface area (Å²) in [5.41, 5.74) is -1.55. The zero-order valence-electron chi connectivity index (χ0n) is 32.2. The molecule has 0 bridgehead atoms. The molecule has 1 saturated heterocycles. The average molecular weight is 749 g/mol. The number of alkyl carbamates (subject to hydrolysis) is 1. The molecule has 1 unspecified atom stereocenters. The molecule has 0 aromatic heterocycles. The molecular formula is C37H54F2N6O8. The van der Waals surface area contributed by atoms with E-state index in [9.17, 15) is 42.3 Å². The Labute approximate surface area is 309 Å². The average Bonchev–Trinajstić information content (AvgIpc) is 3.35. The van der Waals surface area contributed by atoms with Crippen molar-refractivity contribution >= 4 is 41.4 Å². The lowest BCUT2D eigenvalue weighted by molar-refractivity contribution is -0.145. The molecule has 1 aromatic carbocycles. The van der Waals surface area contributed by atoms with Gasteiger partial charge in [-0.25, -0.2) is 13.6 Å². The fraction of sp³-hybridized carbons (Fsp3) is 0.649. The highest BCUT2D eigenvalue weighted by Crippen LogP contribution is 2.65. The van der Waals surface area contributed by atoms with E-state index in [1.807, 2.05) is 13.8 Å². The molecule has 1 aliphatic carbocycles. The number of hydrogen-bond acceptors (Lipinski definition) is 8. The van der Waals surface area contributed by atoms with Crippen LogP contribution in [-0.2, 0) is 33.5 Å². The van der Waals surface area contributed by atoms with Crippen LogP contribution in [0.5, 0.6) is 0 Å². The standard InChI is InChI=1S/C37H54F2N6O8/c1-35(2,3)29(43-34(52)53-36(4,5)6)33(51)45-19-21-25(37(21,7)8)27(45)30(48)41-22(16-17-23(38)39)28(47)31(49)40-18-24(46)42-26(32(50)44(9)10)20-14-12-11-13-15-20/h11-15,21-23,25-27,29H,16-19H2,1-10H3,(H,40,49)(H,41,48)(H,42,46)(H,43,52)/t21-,22?,25-,26-,27-,29+/m0/s1. The van der Waals surface area contributed by atoms with Crippen molar-refractivity contribution in [2.45, 2.75) is 104 Å². The minimum absolute atomic E-state index is 0.0968. The van der Waals surface area contributed by atoms with Gasteiger partial charge in [0.15, 0.2) is 0 Å². The van der Waals surface area contributed by atoms with E-state index < -0.39 is 102 Å². The molecule has 3 rings (SSSR count). The van der Waals surface area contributed by atoms with E-state index in [1.165, 1.54) is 23.9 Å². The van der Waals surface area contributed by atoms with Crippen molar-refractivity contribution in [3.63, 3.8) is 0 Å². The van der Waals surface area contributed by atoms with Crippen LogP contribution in [-0.4, -0.2) is 109 Å². The number of piperidine rings is 1. The van der Waals surface area contributed by atoms with Crippen molar-refractivity contribution in [3.8, 4) is 0 Å². The van der Waals surface area contributed by atoms with Crippen molar-refractivity contribution in [1.29, 1.82) is 0 Å². The van der Waals surface area contributed by atoms with Gasteiger partial charge < -0.3 is 35.8 Å². The first kappa shape index (κ1) is 42.8. The number of likely N-dealkylation sites (tertiary alicyclic amines) is 1. The maximum atomic E-state index is 14.1. The second kappa shape index (κ2) is 16.6. The lowest BCUT2D eigenvalue weighted by Gasteiger charge is -2.38. The summed E-state index contributed by atoms with van der Waals surface area (Å²) in [5, 5.41) is 9.77. The molecule has 6 atom stereocenters. The van der Waals surface area contributed by atoms with E-state index in [0.29, 0.717) is 5.56 Å². The Kier molecular flexibility index (Phi) is 13.4. The number of Topliss-reactive ketones (excluding diaryl/α,β-unsaturated/α-hetero) is 1. The minimum Gasteiger partial charge on any atom is -0.444 e. The Bertz CT molecular complexity index is 1560. The number of likely N-dealkylation sites (N-methyl/N-ethyl adjacent to an activating group) is 1. The Balaban J connectivity index is 1.78. The van der Waals surface area contributed by atoms with Gasteiger partial charge in [0.2, 0.25) is 35.8 Å². The molecule has 6 amide bonds. The second-order valence-electron chi connectivity index (χ2n) is 16.6. The Hall–Kier alpha value is -4.63. The van der Waals surface area contributed by atoms with E-state index in [-0.39, 0.29) is 23.8 Å². The fourth-order valence-corrected chi connectivity index (χ4v) is 6.68. The van der Waals surface area contributed by atoms with Crippen molar-refractivity contribution < 1.29 is 47.1 Å². The highest BCUT2D eigenvalue weighted by Gasteiger charge is 2.70. The molecule has 1 aromatic rings.